The molecule has 1 heterocycles. The molecular formula is C13H17N5O3. The third kappa shape index (κ3) is 2.93. The Balaban J connectivity index is 2.37. The molecule has 8 heteroatoms. The van der Waals surface area contributed by atoms with Crippen LogP contribution in [0.25, 0.3) is 0 Å². The molecule has 0 fully saturated rings. The standard InChI is InChI=1S/C13H17N5O3/c1-8(2)12-13(14)15-16-17(12)7-9-4-5-11(21-3)10(6-9)18(19)20/h4-6,8H,7,14H2,1-3H3. The summed E-state index contributed by atoms with van der Waals surface area (Å²) in [6.07, 6.45) is 0. The lowest BCUT2D eigenvalue weighted by Crippen LogP contribution is -2.09. The zero-order chi connectivity index (χ0) is 15.6. The second kappa shape index (κ2) is 5.78. The number of nitrogen functional groups attached to an aromatic ring is 1. The van der Waals surface area contributed by atoms with Crippen molar-refractivity contribution in [3.05, 3.63) is 39.6 Å². The second-order valence-corrected chi connectivity index (χ2v) is 4.94. The maximum absolute atomic E-state index is 11.0. The molecule has 8 nitrogen and oxygen atoms in total. The molecule has 0 saturated carbocycles. The average molecular weight is 291 g/mol. The average Bonchev–Trinajstić information content (AvgIpc) is 2.79. The van der Waals surface area contributed by atoms with Crippen LogP contribution in [-0.4, -0.2) is 27.0 Å². The van der Waals surface area contributed by atoms with Crippen molar-refractivity contribution < 1.29 is 9.66 Å². The first-order chi connectivity index (χ1) is 9.93. The molecule has 0 unspecified atom stereocenters. The fourth-order valence-corrected chi connectivity index (χ4v) is 2.19. The van der Waals surface area contributed by atoms with Gasteiger partial charge in [-0.25, -0.2) is 4.68 Å². The van der Waals surface area contributed by atoms with Crippen LogP contribution in [-0.2, 0) is 6.54 Å². The predicted octanol–water partition coefficient (Wildman–Crippen LogP) is 1.95. The summed E-state index contributed by atoms with van der Waals surface area (Å²) in [6.45, 7) is 4.34. The van der Waals surface area contributed by atoms with Gasteiger partial charge in [0.15, 0.2) is 11.6 Å². The van der Waals surface area contributed by atoms with Crippen LogP contribution in [0.15, 0.2) is 18.2 Å². The summed E-state index contributed by atoms with van der Waals surface area (Å²) < 4.78 is 6.64. The molecule has 2 rings (SSSR count). The Morgan fingerprint density at radius 3 is 2.76 bits per heavy atom. The third-order valence-electron chi connectivity index (χ3n) is 3.12. The number of methoxy groups -OCH3 is 1. The predicted molar refractivity (Wildman–Crippen MR) is 77.3 cm³/mol. The first-order valence-electron chi connectivity index (χ1n) is 6.44. The molecule has 1 aromatic carbocycles. The smallest absolute Gasteiger partial charge is 0.311 e. The molecule has 21 heavy (non-hydrogen) atoms. The number of nitro benzene ring substituents is 1. The van der Waals surface area contributed by atoms with Crippen LogP contribution in [0.4, 0.5) is 11.5 Å². The van der Waals surface area contributed by atoms with Gasteiger partial charge < -0.3 is 10.5 Å². The number of aromatic nitrogens is 3. The minimum Gasteiger partial charge on any atom is -0.490 e. The molecule has 2 N–H and O–H groups in total. The van der Waals surface area contributed by atoms with Crippen molar-refractivity contribution >= 4 is 11.5 Å². The Kier molecular flexibility index (Phi) is 4.06. The number of benzene rings is 1. The van der Waals surface area contributed by atoms with E-state index in [4.69, 9.17) is 10.5 Å². The largest absolute Gasteiger partial charge is 0.490 e. The Bertz CT molecular complexity index is 666. The molecule has 0 saturated heterocycles. The summed E-state index contributed by atoms with van der Waals surface area (Å²) in [7, 11) is 1.40. The zero-order valence-corrected chi connectivity index (χ0v) is 12.1. The van der Waals surface area contributed by atoms with Crippen molar-refractivity contribution in [1.29, 1.82) is 0 Å². The van der Waals surface area contributed by atoms with Crippen molar-refractivity contribution in [3.8, 4) is 5.75 Å². The maximum atomic E-state index is 11.0. The molecule has 1 aromatic heterocycles. The van der Waals surface area contributed by atoms with E-state index >= 15 is 0 Å². The van der Waals surface area contributed by atoms with Gasteiger partial charge in [-0.1, -0.05) is 25.1 Å². The number of anilines is 1. The molecule has 0 bridgehead atoms. The molecule has 0 aliphatic heterocycles. The monoisotopic (exact) mass is 291 g/mol. The molecule has 0 spiro atoms. The van der Waals surface area contributed by atoms with Gasteiger partial charge in [0, 0.05) is 6.07 Å². The fraction of sp³-hybridized carbons (Fsp3) is 0.385. The van der Waals surface area contributed by atoms with Gasteiger partial charge in [0.25, 0.3) is 0 Å². The van der Waals surface area contributed by atoms with Crippen LogP contribution in [0.5, 0.6) is 5.75 Å². The molecule has 112 valence electrons. The van der Waals surface area contributed by atoms with Crippen molar-refractivity contribution in [2.75, 3.05) is 12.8 Å². The second-order valence-electron chi connectivity index (χ2n) is 4.94. The van der Waals surface area contributed by atoms with E-state index < -0.39 is 4.92 Å². The van der Waals surface area contributed by atoms with Gasteiger partial charge in [-0.3, -0.25) is 10.1 Å². The van der Waals surface area contributed by atoms with E-state index in [2.05, 4.69) is 10.3 Å². The van der Waals surface area contributed by atoms with Crippen LogP contribution in [0, 0.1) is 10.1 Å². The number of nitro groups is 1. The van der Waals surface area contributed by atoms with Crippen molar-refractivity contribution in [2.24, 2.45) is 0 Å². The highest BCUT2D eigenvalue weighted by Crippen LogP contribution is 2.28. The van der Waals surface area contributed by atoms with E-state index in [1.807, 2.05) is 13.8 Å². The quantitative estimate of drug-likeness (QED) is 0.666. The minimum absolute atomic E-state index is 0.0748. The van der Waals surface area contributed by atoms with Gasteiger partial charge in [0.1, 0.15) is 0 Å². The highest BCUT2D eigenvalue weighted by Gasteiger charge is 2.18. The Morgan fingerprint density at radius 1 is 1.48 bits per heavy atom. The van der Waals surface area contributed by atoms with Gasteiger partial charge in [-0.2, -0.15) is 0 Å². The van der Waals surface area contributed by atoms with Crippen LogP contribution in [0.2, 0.25) is 0 Å². The summed E-state index contributed by atoms with van der Waals surface area (Å²) in [6, 6.07) is 4.80. The molecule has 0 atom stereocenters. The van der Waals surface area contributed by atoms with E-state index in [0.29, 0.717) is 12.4 Å². The molecular weight excluding hydrogens is 274 g/mol. The summed E-state index contributed by atoms with van der Waals surface area (Å²) in [5.41, 5.74) is 7.27. The molecule has 0 amide bonds. The summed E-state index contributed by atoms with van der Waals surface area (Å²) in [5.74, 6) is 0.771. The van der Waals surface area contributed by atoms with Crippen molar-refractivity contribution in [2.45, 2.75) is 26.3 Å². The lowest BCUT2D eigenvalue weighted by Gasteiger charge is -2.10. The summed E-state index contributed by atoms with van der Waals surface area (Å²) >= 11 is 0. The van der Waals surface area contributed by atoms with E-state index in [9.17, 15) is 10.1 Å². The van der Waals surface area contributed by atoms with E-state index in [1.165, 1.54) is 13.2 Å². The minimum atomic E-state index is -0.471. The van der Waals surface area contributed by atoms with E-state index in [-0.39, 0.29) is 17.4 Å². The number of hydrogen-bond donors (Lipinski definition) is 1. The van der Waals surface area contributed by atoms with Gasteiger partial charge in [0.05, 0.1) is 24.3 Å². The van der Waals surface area contributed by atoms with Gasteiger partial charge in [-0.15, -0.1) is 5.10 Å². The third-order valence-corrected chi connectivity index (χ3v) is 3.12. The molecule has 0 aliphatic carbocycles. The normalized spacial score (nSPS) is 10.9. The van der Waals surface area contributed by atoms with Crippen LogP contribution >= 0.6 is 0 Å². The lowest BCUT2D eigenvalue weighted by atomic mass is 10.1. The van der Waals surface area contributed by atoms with Crippen molar-refractivity contribution in [3.63, 3.8) is 0 Å². The summed E-state index contributed by atoms with van der Waals surface area (Å²) in [4.78, 5) is 10.6. The number of rotatable bonds is 5. The van der Waals surface area contributed by atoms with Crippen LogP contribution in [0.3, 0.4) is 0 Å². The highest BCUT2D eigenvalue weighted by molar-refractivity contribution is 5.48. The number of nitrogens with two attached hydrogens (primary N) is 1. The first kappa shape index (κ1) is 14.8. The fourth-order valence-electron chi connectivity index (χ4n) is 2.19. The van der Waals surface area contributed by atoms with Crippen molar-refractivity contribution in [1.82, 2.24) is 15.0 Å². The SMILES string of the molecule is COc1ccc(Cn2nnc(N)c2C(C)C)cc1[N+](=O)[O-]. The molecule has 0 aliphatic rings. The van der Waals surface area contributed by atoms with Gasteiger partial charge >= 0.3 is 5.69 Å². The molecule has 2 aromatic rings. The topological polar surface area (TPSA) is 109 Å². The summed E-state index contributed by atoms with van der Waals surface area (Å²) in [5, 5.41) is 18.9. The number of hydrogen-bond acceptors (Lipinski definition) is 6. The van der Waals surface area contributed by atoms with Gasteiger partial charge in [0.2, 0.25) is 0 Å². The van der Waals surface area contributed by atoms with E-state index in [0.717, 1.165) is 11.3 Å². The Hall–Kier alpha value is -2.64. The first-order valence-corrected chi connectivity index (χ1v) is 6.44. The number of ether oxygens (including phenoxy) is 1. The highest BCUT2D eigenvalue weighted by atomic mass is 16.6. The number of nitrogens with zero attached hydrogens (tertiary/aromatic N) is 4. The van der Waals surface area contributed by atoms with Crippen LogP contribution < -0.4 is 10.5 Å². The maximum Gasteiger partial charge on any atom is 0.311 e. The molecule has 0 radical (unpaired) electrons. The van der Waals surface area contributed by atoms with Gasteiger partial charge in [-0.05, 0) is 17.5 Å². The Morgan fingerprint density at radius 2 is 2.19 bits per heavy atom. The Labute approximate surface area is 121 Å². The van der Waals surface area contributed by atoms with E-state index in [1.54, 1.807) is 16.8 Å². The lowest BCUT2D eigenvalue weighted by molar-refractivity contribution is -0.385. The van der Waals surface area contributed by atoms with Crippen LogP contribution in [0.1, 0.15) is 31.0 Å². The zero-order valence-electron chi connectivity index (χ0n) is 12.1.